The zero-order chi connectivity index (χ0) is 14.8. The van der Waals surface area contributed by atoms with Gasteiger partial charge in [-0.3, -0.25) is 0 Å². The fourth-order valence-electron chi connectivity index (χ4n) is 2.85. The Bertz CT molecular complexity index is 682. The van der Waals surface area contributed by atoms with Gasteiger partial charge in [-0.2, -0.15) is 0 Å². The van der Waals surface area contributed by atoms with Gasteiger partial charge in [0.15, 0.2) is 0 Å². The first kappa shape index (κ1) is 13.5. The zero-order valence-electron chi connectivity index (χ0n) is 12.2. The average molecular weight is 303 g/mol. The monoisotopic (exact) mass is 303 g/mol. The second kappa shape index (κ2) is 5.90. The van der Waals surface area contributed by atoms with E-state index in [-0.39, 0.29) is 0 Å². The summed E-state index contributed by atoms with van der Waals surface area (Å²) in [5.74, 6) is 0. The second-order valence-electron chi connectivity index (χ2n) is 5.42. The summed E-state index contributed by atoms with van der Waals surface area (Å²) in [6.07, 6.45) is 0. The Morgan fingerprint density at radius 2 is 1.18 bits per heavy atom. The Hall–Kier alpha value is -2.19. The molecule has 0 amide bonds. The Labute approximate surface area is 135 Å². The summed E-state index contributed by atoms with van der Waals surface area (Å²) in [7, 11) is 0. The van der Waals surface area contributed by atoms with Crippen LogP contribution in [0.25, 0.3) is 0 Å². The molecule has 0 aromatic heterocycles. The summed E-state index contributed by atoms with van der Waals surface area (Å²) in [5, 5.41) is 0.465. The smallest absolute Gasteiger partial charge is 0.105 e. The van der Waals surface area contributed by atoms with E-state index in [4.69, 9.17) is 0 Å². The van der Waals surface area contributed by atoms with Crippen LogP contribution in [0.1, 0.15) is 11.6 Å². The third-order valence-corrected chi connectivity index (χ3v) is 5.22. The van der Waals surface area contributed by atoms with Gasteiger partial charge in [-0.05, 0) is 29.8 Å². The largest absolute Gasteiger partial charge is 0.347 e. The Kier molecular flexibility index (Phi) is 3.61. The van der Waals surface area contributed by atoms with Gasteiger partial charge >= 0.3 is 0 Å². The summed E-state index contributed by atoms with van der Waals surface area (Å²) in [6, 6.07) is 32.6. The fourth-order valence-corrected chi connectivity index (χ4v) is 4.16. The van der Waals surface area contributed by atoms with Crippen molar-refractivity contribution in [3.8, 4) is 0 Å². The van der Waals surface area contributed by atoms with Crippen LogP contribution in [0.15, 0.2) is 95.9 Å². The van der Waals surface area contributed by atoms with E-state index >= 15 is 0 Å². The molecule has 1 heterocycles. The molecule has 3 aromatic rings. The molecule has 22 heavy (non-hydrogen) atoms. The first-order valence-electron chi connectivity index (χ1n) is 7.53. The van der Waals surface area contributed by atoms with Crippen molar-refractivity contribution in [2.75, 3.05) is 4.90 Å². The number of benzene rings is 3. The van der Waals surface area contributed by atoms with E-state index in [1.54, 1.807) is 0 Å². The average Bonchev–Trinajstić information content (AvgIpc) is 3.31. The molecule has 0 spiro atoms. The van der Waals surface area contributed by atoms with Crippen LogP contribution in [-0.2, 0) is 0 Å². The molecule has 0 saturated carbocycles. The lowest BCUT2D eigenvalue weighted by Gasteiger charge is -2.05. The van der Waals surface area contributed by atoms with E-state index in [1.807, 2.05) is 11.8 Å². The molecule has 1 fully saturated rings. The van der Waals surface area contributed by atoms with E-state index in [9.17, 15) is 0 Å². The van der Waals surface area contributed by atoms with Crippen LogP contribution < -0.4 is 4.90 Å². The van der Waals surface area contributed by atoms with Crippen LogP contribution in [-0.4, -0.2) is 5.37 Å². The highest BCUT2D eigenvalue weighted by molar-refractivity contribution is 8.00. The molecule has 2 heteroatoms. The van der Waals surface area contributed by atoms with Gasteiger partial charge in [0, 0.05) is 10.6 Å². The van der Waals surface area contributed by atoms with E-state index in [0.717, 1.165) is 0 Å². The predicted molar refractivity (Wildman–Crippen MR) is 94.2 cm³/mol. The summed E-state index contributed by atoms with van der Waals surface area (Å²) in [5.41, 5.74) is 2.68. The molecular weight excluding hydrogens is 286 g/mol. The standard InChI is InChI=1S/C20H17NS/c1-4-10-16(11-5-1)19-20(22-18-14-8-3-9-15-18)21(19)17-12-6-2-7-13-17/h1-15,19-20H/t19-,20-,21?/m1/s1. The molecule has 0 N–H and O–H groups in total. The molecule has 4 rings (SSSR count). The summed E-state index contributed by atoms with van der Waals surface area (Å²) >= 11 is 1.94. The van der Waals surface area contributed by atoms with Gasteiger partial charge in [0.05, 0.1) is 6.04 Å². The number of anilines is 1. The molecule has 3 aromatic carbocycles. The molecule has 1 aliphatic rings. The molecular formula is C20H17NS. The van der Waals surface area contributed by atoms with Crippen LogP contribution in [0.4, 0.5) is 5.69 Å². The first-order chi connectivity index (χ1) is 10.9. The molecule has 1 saturated heterocycles. The minimum absolute atomic E-state index is 0.453. The molecule has 0 bridgehead atoms. The molecule has 1 aliphatic heterocycles. The number of para-hydroxylation sites is 1. The zero-order valence-corrected chi connectivity index (χ0v) is 13.0. The third-order valence-electron chi connectivity index (χ3n) is 3.95. The van der Waals surface area contributed by atoms with E-state index in [2.05, 4.69) is 95.9 Å². The van der Waals surface area contributed by atoms with Gasteiger partial charge in [-0.1, -0.05) is 78.5 Å². The highest BCUT2D eigenvalue weighted by Crippen LogP contribution is 2.53. The van der Waals surface area contributed by atoms with E-state index in [1.165, 1.54) is 16.1 Å². The maximum Gasteiger partial charge on any atom is 0.105 e. The number of thioether (sulfide) groups is 1. The minimum atomic E-state index is 0.453. The lowest BCUT2D eigenvalue weighted by Crippen LogP contribution is -1.95. The van der Waals surface area contributed by atoms with Gasteiger partial charge in [0.25, 0.3) is 0 Å². The molecule has 0 radical (unpaired) electrons. The van der Waals surface area contributed by atoms with Crippen molar-refractivity contribution >= 4 is 17.4 Å². The van der Waals surface area contributed by atoms with Crippen molar-refractivity contribution in [3.05, 3.63) is 96.6 Å². The highest BCUT2D eigenvalue weighted by Gasteiger charge is 2.49. The fraction of sp³-hybridized carbons (Fsp3) is 0.100. The van der Waals surface area contributed by atoms with Crippen LogP contribution >= 0.6 is 11.8 Å². The van der Waals surface area contributed by atoms with Crippen molar-refractivity contribution in [1.29, 1.82) is 0 Å². The summed E-state index contributed by atoms with van der Waals surface area (Å²) in [6.45, 7) is 0. The van der Waals surface area contributed by atoms with Crippen molar-refractivity contribution in [2.24, 2.45) is 0 Å². The lowest BCUT2D eigenvalue weighted by molar-refractivity contribution is 1.12. The van der Waals surface area contributed by atoms with Crippen molar-refractivity contribution < 1.29 is 0 Å². The topological polar surface area (TPSA) is 3.01 Å². The van der Waals surface area contributed by atoms with Crippen LogP contribution in [0, 0.1) is 0 Å². The van der Waals surface area contributed by atoms with E-state index < -0.39 is 0 Å². The molecule has 0 unspecified atom stereocenters. The molecule has 108 valence electrons. The Morgan fingerprint density at radius 1 is 0.636 bits per heavy atom. The number of hydrogen-bond acceptors (Lipinski definition) is 2. The quantitative estimate of drug-likeness (QED) is 0.596. The van der Waals surface area contributed by atoms with Gasteiger partial charge in [-0.15, -0.1) is 0 Å². The Balaban J connectivity index is 1.63. The molecule has 0 aliphatic carbocycles. The first-order valence-corrected chi connectivity index (χ1v) is 8.41. The lowest BCUT2D eigenvalue weighted by atomic mass is 10.1. The van der Waals surface area contributed by atoms with Crippen LogP contribution in [0.3, 0.4) is 0 Å². The number of rotatable bonds is 4. The van der Waals surface area contributed by atoms with Gasteiger partial charge < -0.3 is 4.90 Å². The summed E-state index contributed by atoms with van der Waals surface area (Å²) < 4.78 is 0. The summed E-state index contributed by atoms with van der Waals surface area (Å²) in [4.78, 5) is 3.82. The highest BCUT2D eigenvalue weighted by atomic mass is 32.2. The minimum Gasteiger partial charge on any atom is -0.347 e. The predicted octanol–water partition coefficient (Wildman–Crippen LogP) is 5.37. The van der Waals surface area contributed by atoms with E-state index in [0.29, 0.717) is 11.4 Å². The molecule has 2 atom stereocenters. The van der Waals surface area contributed by atoms with Crippen molar-refractivity contribution in [1.82, 2.24) is 0 Å². The van der Waals surface area contributed by atoms with Gasteiger partial charge in [0.1, 0.15) is 5.37 Å². The molecule has 1 nitrogen and oxygen atoms in total. The maximum atomic E-state index is 2.49. The Morgan fingerprint density at radius 3 is 1.82 bits per heavy atom. The number of nitrogens with zero attached hydrogens (tertiary/aromatic N) is 1. The van der Waals surface area contributed by atoms with Crippen molar-refractivity contribution in [2.45, 2.75) is 16.3 Å². The SMILES string of the molecule is c1ccc(S[C@@H]2[C@@H](c3ccccc3)N2c2ccccc2)cc1. The normalized spacial score (nSPS) is 19.9. The number of hydrogen-bond donors (Lipinski definition) is 0. The third kappa shape index (κ3) is 2.62. The van der Waals surface area contributed by atoms with Crippen LogP contribution in [0.5, 0.6) is 0 Å². The van der Waals surface area contributed by atoms with Crippen LogP contribution in [0.2, 0.25) is 0 Å². The maximum absolute atomic E-state index is 2.49. The van der Waals surface area contributed by atoms with Crippen molar-refractivity contribution in [3.63, 3.8) is 0 Å². The van der Waals surface area contributed by atoms with Gasteiger partial charge in [-0.25, -0.2) is 0 Å². The second-order valence-corrected chi connectivity index (χ2v) is 6.61. The van der Waals surface area contributed by atoms with Gasteiger partial charge in [0.2, 0.25) is 0 Å².